The predicted molar refractivity (Wildman–Crippen MR) is 57.7 cm³/mol. The molecule has 0 aliphatic carbocycles. The summed E-state index contributed by atoms with van der Waals surface area (Å²) in [5, 5.41) is 11.2. The molecule has 15 heavy (non-hydrogen) atoms. The number of carboxylic acid groups (broad SMARTS) is 1. The van der Waals surface area contributed by atoms with Crippen LogP contribution in [0.5, 0.6) is 0 Å². The van der Waals surface area contributed by atoms with Gasteiger partial charge in [-0.25, -0.2) is 0 Å². The second-order valence-corrected chi connectivity index (χ2v) is 3.32. The van der Waals surface area contributed by atoms with Gasteiger partial charge in [-0.15, -0.1) is 0 Å². The molecule has 0 atom stereocenters. The van der Waals surface area contributed by atoms with Gasteiger partial charge in [-0.1, -0.05) is 6.92 Å². The highest BCUT2D eigenvalue weighted by molar-refractivity contribution is 5.77. The average Bonchev–Trinajstić information content (AvgIpc) is 2.16. The number of carbonyl (C=O) groups is 2. The van der Waals surface area contributed by atoms with Gasteiger partial charge in [-0.2, -0.15) is 0 Å². The zero-order chi connectivity index (χ0) is 11.7. The number of aliphatic carboxylic acids is 1. The van der Waals surface area contributed by atoms with Gasteiger partial charge in [0, 0.05) is 13.0 Å². The Balaban J connectivity index is 3.72. The summed E-state index contributed by atoms with van der Waals surface area (Å²) in [6.07, 6.45) is 0.745. The molecule has 0 aliphatic rings. The van der Waals surface area contributed by atoms with Crippen LogP contribution in [-0.4, -0.2) is 48.1 Å². The van der Waals surface area contributed by atoms with Crippen molar-refractivity contribution in [2.24, 2.45) is 0 Å². The quantitative estimate of drug-likeness (QED) is 0.612. The largest absolute Gasteiger partial charge is 0.481 e. The molecule has 5 nitrogen and oxygen atoms in total. The van der Waals surface area contributed by atoms with Crippen molar-refractivity contribution in [2.45, 2.75) is 26.7 Å². The topological polar surface area (TPSA) is 69.6 Å². The number of carbonyl (C=O) groups excluding carboxylic acids is 1. The van der Waals surface area contributed by atoms with Gasteiger partial charge in [0.15, 0.2) is 0 Å². The predicted octanol–water partition coefficient (Wildman–Crippen LogP) is 0.309. The standard InChI is InChI=1S/C10H20N2O3/c1-3-11-9(13)8-12(4-2)7-5-6-10(14)15/h3-8H2,1-2H3,(H,11,13)(H,14,15). The molecule has 0 aliphatic heterocycles. The van der Waals surface area contributed by atoms with Crippen molar-refractivity contribution in [3.05, 3.63) is 0 Å². The molecule has 0 unspecified atom stereocenters. The number of hydrogen-bond acceptors (Lipinski definition) is 3. The van der Waals surface area contributed by atoms with Crippen molar-refractivity contribution in [1.82, 2.24) is 10.2 Å². The van der Waals surface area contributed by atoms with Gasteiger partial charge in [0.2, 0.25) is 5.91 Å². The van der Waals surface area contributed by atoms with Crippen molar-refractivity contribution >= 4 is 11.9 Å². The molecular formula is C10H20N2O3. The summed E-state index contributed by atoms with van der Waals surface area (Å²) in [4.78, 5) is 23.5. The lowest BCUT2D eigenvalue weighted by Crippen LogP contribution is -2.37. The summed E-state index contributed by atoms with van der Waals surface area (Å²) in [6, 6.07) is 0. The SMILES string of the molecule is CCNC(=O)CN(CC)CCCC(=O)O. The molecule has 0 aromatic carbocycles. The zero-order valence-electron chi connectivity index (χ0n) is 9.45. The van der Waals surface area contributed by atoms with Crippen molar-refractivity contribution in [3.63, 3.8) is 0 Å². The first-order valence-electron chi connectivity index (χ1n) is 5.31. The molecule has 1 amide bonds. The summed E-state index contributed by atoms with van der Waals surface area (Å²) in [7, 11) is 0. The Morgan fingerprint density at radius 2 is 2.00 bits per heavy atom. The maximum absolute atomic E-state index is 11.2. The third-order valence-electron chi connectivity index (χ3n) is 2.05. The third-order valence-corrected chi connectivity index (χ3v) is 2.05. The highest BCUT2D eigenvalue weighted by Crippen LogP contribution is 1.95. The molecule has 0 rings (SSSR count). The van der Waals surface area contributed by atoms with E-state index in [1.54, 1.807) is 0 Å². The van der Waals surface area contributed by atoms with E-state index in [4.69, 9.17) is 5.11 Å². The second-order valence-electron chi connectivity index (χ2n) is 3.32. The third kappa shape index (κ3) is 7.93. The van der Waals surface area contributed by atoms with Crippen molar-refractivity contribution < 1.29 is 14.7 Å². The first-order valence-corrected chi connectivity index (χ1v) is 5.31. The number of amides is 1. The lowest BCUT2D eigenvalue weighted by molar-refractivity contribution is -0.137. The average molecular weight is 216 g/mol. The van der Waals surface area contributed by atoms with Gasteiger partial charge in [0.1, 0.15) is 0 Å². The van der Waals surface area contributed by atoms with Gasteiger partial charge in [-0.05, 0) is 26.4 Å². The Morgan fingerprint density at radius 1 is 1.33 bits per heavy atom. The molecule has 0 saturated carbocycles. The molecule has 0 saturated heterocycles. The fourth-order valence-electron chi connectivity index (χ4n) is 1.26. The van der Waals surface area contributed by atoms with E-state index in [2.05, 4.69) is 5.32 Å². The Labute approximate surface area is 90.5 Å². The van der Waals surface area contributed by atoms with E-state index < -0.39 is 5.97 Å². The molecule has 0 radical (unpaired) electrons. The van der Waals surface area contributed by atoms with Gasteiger partial charge < -0.3 is 10.4 Å². The minimum absolute atomic E-state index is 0.00493. The molecular weight excluding hydrogens is 196 g/mol. The van der Waals surface area contributed by atoms with Crippen LogP contribution in [0.1, 0.15) is 26.7 Å². The van der Waals surface area contributed by atoms with Gasteiger partial charge in [0.05, 0.1) is 6.54 Å². The van der Waals surface area contributed by atoms with Gasteiger partial charge in [-0.3, -0.25) is 14.5 Å². The highest BCUT2D eigenvalue weighted by atomic mass is 16.4. The maximum Gasteiger partial charge on any atom is 0.303 e. The zero-order valence-corrected chi connectivity index (χ0v) is 9.45. The molecule has 2 N–H and O–H groups in total. The molecule has 0 aromatic heterocycles. The number of rotatable bonds is 8. The first-order chi connectivity index (χ1) is 7.10. The molecule has 88 valence electrons. The first kappa shape index (κ1) is 13.9. The fourth-order valence-corrected chi connectivity index (χ4v) is 1.26. The summed E-state index contributed by atoms with van der Waals surface area (Å²) in [5.41, 5.74) is 0. The van der Waals surface area contributed by atoms with Gasteiger partial charge >= 0.3 is 5.97 Å². The number of nitrogens with one attached hydrogen (secondary N) is 1. The van der Waals surface area contributed by atoms with E-state index in [0.717, 1.165) is 6.54 Å². The Hall–Kier alpha value is -1.10. The van der Waals surface area contributed by atoms with Crippen molar-refractivity contribution in [2.75, 3.05) is 26.2 Å². The molecule has 0 spiro atoms. The highest BCUT2D eigenvalue weighted by Gasteiger charge is 2.08. The second kappa shape index (κ2) is 8.23. The van der Waals surface area contributed by atoms with Crippen molar-refractivity contribution in [1.29, 1.82) is 0 Å². The summed E-state index contributed by atoms with van der Waals surface area (Å²) < 4.78 is 0. The maximum atomic E-state index is 11.2. The molecule has 5 heteroatoms. The van der Waals surface area contributed by atoms with Crippen LogP contribution >= 0.6 is 0 Å². The van der Waals surface area contributed by atoms with Crippen molar-refractivity contribution in [3.8, 4) is 0 Å². The molecule has 0 heterocycles. The van der Waals surface area contributed by atoms with Crippen LogP contribution in [0.25, 0.3) is 0 Å². The summed E-state index contributed by atoms with van der Waals surface area (Å²) in [6.45, 7) is 6.23. The Morgan fingerprint density at radius 3 is 2.47 bits per heavy atom. The van der Waals surface area contributed by atoms with E-state index >= 15 is 0 Å². The minimum atomic E-state index is -0.788. The summed E-state index contributed by atoms with van der Waals surface area (Å²) in [5.74, 6) is -0.793. The number of hydrogen-bond donors (Lipinski definition) is 2. The fraction of sp³-hybridized carbons (Fsp3) is 0.800. The Bertz CT molecular complexity index is 207. The van der Waals surface area contributed by atoms with E-state index in [1.165, 1.54) is 0 Å². The normalized spacial score (nSPS) is 10.3. The van der Waals surface area contributed by atoms with Crippen LogP contribution in [0.3, 0.4) is 0 Å². The van der Waals surface area contributed by atoms with Crippen LogP contribution in [0.2, 0.25) is 0 Å². The number of nitrogens with zero attached hydrogens (tertiary/aromatic N) is 1. The van der Waals surface area contributed by atoms with E-state index in [-0.39, 0.29) is 12.3 Å². The number of carboxylic acids is 1. The molecule has 0 fully saturated rings. The Kier molecular flexibility index (Phi) is 7.62. The molecule has 0 bridgehead atoms. The van der Waals surface area contributed by atoms with E-state index in [1.807, 2.05) is 18.7 Å². The van der Waals surface area contributed by atoms with Gasteiger partial charge in [0.25, 0.3) is 0 Å². The lowest BCUT2D eigenvalue weighted by atomic mass is 10.3. The van der Waals surface area contributed by atoms with Crippen LogP contribution < -0.4 is 5.32 Å². The lowest BCUT2D eigenvalue weighted by Gasteiger charge is -2.18. The minimum Gasteiger partial charge on any atom is -0.481 e. The molecule has 0 aromatic rings. The monoisotopic (exact) mass is 216 g/mol. The van der Waals surface area contributed by atoms with E-state index in [9.17, 15) is 9.59 Å². The van der Waals surface area contributed by atoms with Crippen LogP contribution in [0.4, 0.5) is 0 Å². The van der Waals surface area contributed by atoms with E-state index in [0.29, 0.717) is 26.1 Å². The van der Waals surface area contributed by atoms with Crippen LogP contribution in [-0.2, 0) is 9.59 Å². The summed E-state index contributed by atoms with van der Waals surface area (Å²) >= 11 is 0. The van der Waals surface area contributed by atoms with Crippen LogP contribution in [0, 0.1) is 0 Å². The smallest absolute Gasteiger partial charge is 0.303 e. The number of likely N-dealkylation sites (N-methyl/N-ethyl adjacent to an activating group) is 2. The van der Waals surface area contributed by atoms with Crippen LogP contribution in [0.15, 0.2) is 0 Å².